The molecule has 1 fully saturated rings. The highest BCUT2D eigenvalue weighted by Crippen LogP contribution is 2.40. The maximum absolute atomic E-state index is 13.8. The van der Waals surface area contributed by atoms with Crippen LogP contribution in [0.5, 0.6) is 0 Å². The fourth-order valence-corrected chi connectivity index (χ4v) is 3.20. The molecule has 2 rings (SSSR count). The quantitative estimate of drug-likeness (QED) is 0.846. The van der Waals surface area contributed by atoms with E-state index in [-0.39, 0.29) is 5.82 Å². The van der Waals surface area contributed by atoms with Crippen LogP contribution < -0.4 is 0 Å². The van der Waals surface area contributed by atoms with Crippen molar-refractivity contribution in [1.29, 1.82) is 0 Å². The molecule has 0 spiro atoms. The van der Waals surface area contributed by atoms with Crippen molar-refractivity contribution < 1.29 is 14.3 Å². The predicted molar refractivity (Wildman–Crippen MR) is 70.6 cm³/mol. The Balaban J connectivity index is 2.43. The second-order valence-electron chi connectivity index (χ2n) is 4.80. The zero-order valence-electron chi connectivity index (χ0n) is 10.4. The molecule has 1 N–H and O–H groups in total. The summed E-state index contributed by atoms with van der Waals surface area (Å²) in [5.74, 6) is -1.13. The largest absolute Gasteiger partial charge is 0.481 e. The number of carboxylic acid groups (broad SMARTS) is 1. The monoisotopic (exact) mass is 268 g/mol. The van der Waals surface area contributed by atoms with E-state index in [1.165, 1.54) is 17.8 Å². The SMILES string of the molecule is CSc1ccc(C2(C(=O)O)CCCCC2)cc1F. The summed E-state index contributed by atoms with van der Waals surface area (Å²) in [6.45, 7) is 0. The summed E-state index contributed by atoms with van der Waals surface area (Å²) in [5, 5.41) is 9.53. The van der Waals surface area contributed by atoms with Crippen molar-refractivity contribution in [2.24, 2.45) is 0 Å². The Labute approximate surface area is 111 Å². The molecule has 0 amide bonds. The molecule has 1 aromatic carbocycles. The highest BCUT2D eigenvalue weighted by molar-refractivity contribution is 7.98. The van der Waals surface area contributed by atoms with Crippen molar-refractivity contribution in [1.82, 2.24) is 0 Å². The number of thioether (sulfide) groups is 1. The van der Waals surface area contributed by atoms with Gasteiger partial charge < -0.3 is 5.11 Å². The van der Waals surface area contributed by atoms with Crippen LogP contribution in [-0.4, -0.2) is 17.3 Å². The minimum atomic E-state index is -0.879. The second kappa shape index (κ2) is 5.31. The first-order chi connectivity index (χ1) is 8.60. The van der Waals surface area contributed by atoms with Crippen molar-refractivity contribution in [3.05, 3.63) is 29.6 Å². The highest BCUT2D eigenvalue weighted by Gasteiger charge is 2.41. The lowest BCUT2D eigenvalue weighted by Crippen LogP contribution is -2.37. The maximum atomic E-state index is 13.8. The number of halogens is 1. The number of rotatable bonds is 3. The van der Waals surface area contributed by atoms with Gasteiger partial charge >= 0.3 is 5.97 Å². The molecular weight excluding hydrogens is 251 g/mol. The van der Waals surface area contributed by atoms with Crippen LogP contribution in [0.1, 0.15) is 37.7 Å². The van der Waals surface area contributed by atoms with Crippen LogP contribution in [0.2, 0.25) is 0 Å². The van der Waals surface area contributed by atoms with E-state index in [4.69, 9.17) is 0 Å². The van der Waals surface area contributed by atoms with Gasteiger partial charge in [-0.3, -0.25) is 4.79 Å². The van der Waals surface area contributed by atoms with Gasteiger partial charge in [0.25, 0.3) is 0 Å². The first-order valence-corrected chi connectivity index (χ1v) is 7.40. The molecule has 0 saturated heterocycles. The Kier molecular flexibility index (Phi) is 3.95. The zero-order chi connectivity index (χ0) is 13.2. The van der Waals surface area contributed by atoms with Gasteiger partial charge in [0.2, 0.25) is 0 Å². The first kappa shape index (κ1) is 13.4. The lowest BCUT2D eigenvalue weighted by molar-refractivity contribution is -0.145. The summed E-state index contributed by atoms with van der Waals surface area (Å²) < 4.78 is 13.8. The van der Waals surface area contributed by atoms with Gasteiger partial charge in [-0.25, -0.2) is 4.39 Å². The summed E-state index contributed by atoms with van der Waals surface area (Å²) in [4.78, 5) is 12.2. The van der Waals surface area contributed by atoms with Crippen LogP contribution >= 0.6 is 11.8 Å². The van der Waals surface area contributed by atoms with Crippen molar-refractivity contribution in [3.8, 4) is 0 Å². The molecular formula is C14H17FO2S. The van der Waals surface area contributed by atoms with Gasteiger partial charge in [-0.1, -0.05) is 25.3 Å². The van der Waals surface area contributed by atoms with Gasteiger partial charge in [0, 0.05) is 4.90 Å². The van der Waals surface area contributed by atoms with Crippen LogP contribution in [-0.2, 0) is 10.2 Å². The van der Waals surface area contributed by atoms with Crippen molar-refractivity contribution >= 4 is 17.7 Å². The molecule has 0 heterocycles. The van der Waals surface area contributed by atoms with Gasteiger partial charge in [-0.2, -0.15) is 0 Å². The van der Waals surface area contributed by atoms with Gasteiger partial charge in [-0.05, 0) is 36.8 Å². The Hall–Kier alpha value is -1.03. The standard InChI is InChI=1S/C14H17FO2S/c1-18-12-6-5-10(9-11(12)15)14(13(16)17)7-3-2-4-8-14/h5-6,9H,2-4,7-8H2,1H3,(H,16,17). The van der Waals surface area contributed by atoms with E-state index in [9.17, 15) is 14.3 Å². The minimum absolute atomic E-state index is 0.314. The summed E-state index contributed by atoms with van der Waals surface area (Å²) in [6, 6.07) is 4.87. The Bertz CT molecular complexity index is 453. The van der Waals surface area contributed by atoms with Crippen LogP contribution in [0, 0.1) is 5.82 Å². The van der Waals surface area contributed by atoms with Crippen molar-refractivity contribution in [2.75, 3.05) is 6.26 Å². The molecule has 2 nitrogen and oxygen atoms in total. The first-order valence-electron chi connectivity index (χ1n) is 6.17. The molecule has 1 aliphatic rings. The van der Waals surface area contributed by atoms with Gasteiger partial charge in [-0.15, -0.1) is 11.8 Å². The molecule has 0 radical (unpaired) electrons. The molecule has 1 aromatic rings. The van der Waals surface area contributed by atoms with E-state index in [0.29, 0.717) is 23.3 Å². The fraction of sp³-hybridized carbons (Fsp3) is 0.500. The highest BCUT2D eigenvalue weighted by atomic mass is 32.2. The molecule has 0 unspecified atom stereocenters. The molecule has 0 aromatic heterocycles. The second-order valence-corrected chi connectivity index (χ2v) is 5.65. The van der Waals surface area contributed by atoms with Crippen molar-refractivity contribution in [2.45, 2.75) is 42.4 Å². The number of carbonyl (C=O) groups is 1. The molecule has 98 valence electrons. The average Bonchev–Trinajstić information content (AvgIpc) is 2.39. The number of carboxylic acids is 1. The van der Waals surface area contributed by atoms with Crippen molar-refractivity contribution in [3.63, 3.8) is 0 Å². The van der Waals surface area contributed by atoms with E-state index in [2.05, 4.69) is 0 Å². The van der Waals surface area contributed by atoms with Crippen LogP contribution in [0.4, 0.5) is 4.39 Å². The van der Waals surface area contributed by atoms with Gasteiger partial charge in [0.05, 0.1) is 5.41 Å². The third-order valence-corrected chi connectivity index (χ3v) is 4.59. The maximum Gasteiger partial charge on any atom is 0.314 e. The molecule has 0 bridgehead atoms. The summed E-state index contributed by atoms with van der Waals surface area (Å²) in [7, 11) is 0. The van der Waals surface area contributed by atoms with Crippen LogP contribution in [0.3, 0.4) is 0 Å². The third-order valence-electron chi connectivity index (χ3n) is 3.82. The third kappa shape index (κ3) is 2.26. The topological polar surface area (TPSA) is 37.3 Å². The molecule has 18 heavy (non-hydrogen) atoms. The van der Waals surface area contributed by atoms with E-state index >= 15 is 0 Å². The predicted octanol–water partition coefficient (Wildman–Crippen LogP) is 3.83. The average molecular weight is 268 g/mol. The number of hydrogen-bond acceptors (Lipinski definition) is 2. The lowest BCUT2D eigenvalue weighted by atomic mass is 9.69. The van der Waals surface area contributed by atoms with Crippen LogP contribution in [0.15, 0.2) is 23.1 Å². The molecule has 4 heteroatoms. The molecule has 1 saturated carbocycles. The number of hydrogen-bond donors (Lipinski definition) is 1. The molecule has 0 aliphatic heterocycles. The number of benzene rings is 1. The zero-order valence-corrected chi connectivity index (χ0v) is 11.2. The fourth-order valence-electron chi connectivity index (χ4n) is 2.75. The smallest absolute Gasteiger partial charge is 0.314 e. The van der Waals surface area contributed by atoms with Gasteiger partial charge in [0.1, 0.15) is 5.82 Å². The summed E-state index contributed by atoms with van der Waals surface area (Å²) in [5.41, 5.74) is -0.263. The Morgan fingerprint density at radius 2 is 2.00 bits per heavy atom. The Morgan fingerprint density at radius 3 is 2.50 bits per heavy atom. The number of aliphatic carboxylic acids is 1. The van der Waals surface area contributed by atoms with Gasteiger partial charge in [0.15, 0.2) is 0 Å². The Morgan fingerprint density at radius 1 is 1.33 bits per heavy atom. The van der Waals surface area contributed by atoms with E-state index in [1.807, 2.05) is 6.26 Å². The van der Waals surface area contributed by atoms with E-state index in [1.54, 1.807) is 12.1 Å². The summed E-state index contributed by atoms with van der Waals surface area (Å²) >= 11 is 1.34. The van der Waals surface area contributed by atoms with E-state index in [0.717, 1.165) is 19.3 Å². The molecule has 0 atom stereocenters. The van der Waals surface area contributed by atoms with Crippen LogP contribution in [0.25, 0.3) is 0 Å². The minimum Gasteiger partial charge on any atom is -0.481 e. The van der Waals surface area contributed by atoms with E-state index < -0.39 is 11.4 Å². The lowest BCUT2D eigenvalue weighted by Gasteiger charge is -2.33. The normalized spacial score (nSPS) is 18.6. The molecule has 1 aliphatic carbocycles. The summed E-state index contributed by atoms with van der Waals surface area (Å²) in [6.07, 6.45) is 5.91.